The topological polar surface area (TPSA) is 248 Å². The van der Waals surface area contributed by atoms with Crippen LogP contribution in [0.15, 0.2) is 0 Å². The van der Waals surface area contributed by atoms with E-state index >= 15 is 0 Å². The molecule has 0 aromatic rings. The van der Waals surface area contributed by atoms with Crippen molar-refractivity contribution in [1.82, 2.24) is 18.5 Å². The molecule has 0 unspecified atom stereocenters. The molecule has 0 aliphatic rings. The minimum atomic E-state index is -1.85. The van der Waals surface area contributed by atoms with Gasteiger partial charge >= 0.3 is 36.2 Å². The SMILES string of the molecule is O=C(O[O-])C(=O)O[O-].[NH4+].[NH4+].[NH4+].[O]=[V][O-]. The first-order valence-corrected chi connectivity index (χ1v) is 2.91. The van der Waals surface area contributed by atoms with Crippen LogP contribution in [-0.4, -0.2) is 11.9 Å². The van der Waals surface area contributed by atoms with Gasteiger partial charge in [0.15, 0.2) is 0 Å². The van der Waals surface area contributed by atoms with Gasteiger partial charge < -0.3 is 38.7 Å². The Morgan fingerprint density at radius 3 is 1.14 bits per heavy atom. The molecule has 0 amide bonds. The summed E-state index contributed by atoms with van der Waals surface area (Å²) >= 11 is -1.81. The zero-order valence-electron chi connectivity index (χ0n) is 7.71. The fraction of sp³-hybridized carbons (Fsp3) is 0. The second-order valence-electron chi connectivity index (χ2n) is 0.816. The maximum atomic E-state index is 9.53. The van der Waals surface area contributed by atoms with E-state index in [1.54, 1.807) is 0 Å². The summed E-state index contributed by atoms with van der Waals surface area (Å²) < 4.78 is 16.9. The van der Waals surface area contributed by atoms with Crippen LogP contribution in [0.1, 0.15) is 0 Å². The van der Waals surface area contributed by atoms with Gasteiger partial charge in [-0.15, -0.1) is 0 Å². The van der Waals surface area contributed by atoms with Crippen LogP contribution in [0.25, 0.3) is 0 Å². The van der Waals surface area contributed by atoms with Crippen molar-refractivity contribution in [2.45, 2.75) is 0 Å². The normalized spacial score (nSPS) is 5.36. The predicted molar refractivity (Wildman–Crippen MR) is 30.8 cm³/mol. The molecule has 0 aliphatic heterocycles. The zero-order chi connectivity index (χ0) is 9.28. The van der Waals surface area contributed by atoms with Crippen LogP contribution in [0.4, 0.5) is 0 Å². The second-order valence-corrected chi connectivity index (χ2v) is 1.05. The van der Waals surface area contributed by atoms with Crippen molar-refractivity contribution >= 4 is 11.9 Å². The Morgan fingerprint density at radius 1 is 0.929 bits per heavy atom. The van der Waals surface area contributed by atoms with Crippen molar-refractivity contribution in [3.05, 3.63) is 0 Å². The first-order valence-electron chi connectivity index (χ1n) is 1.76. The van der Waals surface area contributed by atoms with Gasteiger partial charge in [-0.25, -0.2) is 9.59 Å². The molecule has 12 N–H and O–H groups in total. The van der Waals surface area contributed by atoms with E-state index in [1.807, 2.05) is 0 Å². The van der Waals surface area contributed by atoms with Crippen LogP contribution in [0.2, 0.25) is 0 Å². The molecule has 0 aliphatic carbocycles. The number of quaternary nitrogens is 3. The molecular weight excluding hydrogens is 245 g/mol. The van der Waals surface area contributed by atoms with Gasteiger partial charge in [0, 0.05) is 0 Å². The van der Waals surface area contributed by atoms with Crippen molar-refractivity contribution < 1.29 is 54.2 Å². The Labute approximate surface area is 85.3 Å². The van der Waals surface area contributed by atoms with E-state index in [9.17, 15) is 9.59 Å². The van der Waals surface area contributed by atoms with Gasteiger partial charge in [-0.3, -0.25) is 0 Å². The molecule has 0 rings (SSSR count). The molecule has 0 spiro atoms. The van der Waals surface area contributed by atoms with Gasteiger partial charge in [-0.2, -0.15) is 0 Å². The van der Waals surface area contributed by atoms with Gasteiger partial charge in [0.1, 0.15) is 0 Å². The van der Waals surface area contributed by atoms with E-state index < -0.39 is 28.5 Å². The molecule has 11 nitrogen and oxygen atoms in total. The Balaban J connectivity index is -0.0000000405. The average Bonchev–Trinajstić information content (AvgIpc) is 2.03. The zero-order valence-corrected chi connectivity index (χ0v) is 9.11. The first-order chi connectivity index (χ1) is 5.13. The van der Waals surface area contributed by atoms with Gasteiger partial charge in [-0.05, 0) is 0 Å². The van der Waals surface area contributed by atoms with Crippen LogP contribution in [0.5, 0.6) is 0 Å². The van der Waals surface area contributed by atoms with Crippen molar-refractivity contribution in [2.75, 3.05) is 0 Å². The van der Waals surface area contributed by atoms with Gasteiger partial charge in [-0.1, -0.05) is 0 Å². The summed E-state index contributed by atoms with van der Waals surface area (Å²) in [5, 5.41) is 17.9. The summed E-state index contributed by atoms with van der Waals surface area (Å²) in [5.41, 5.74) is 0. The number of rotatable bonds is 0. The summed E-state index contributed by atoms with van der Waals surface area (Å²) in [6.45, 7) is 0. The Bertz CT molecular complexity index is 138. The Kier molecular flexibility index (Phi) is 47.4. The third kappa shape index (κ3) is 22.5. The van der Waals surface area contributed by atoms with E-state index in [0.717, 1.165) is 0 Å². The summed E-state index contributed by atoms with van der Waals surface area (Å²) in [7, 11) is 0. The van der Waals surface area contributed by atoms with Crippen LogP contribution < -0.4 is 33.0 Å². The van der Waals surface area contributed by atoms with Crippen molar-refractivity contribution in [1.29, 1.82) is 0 Å². The third-order valence-corrected chi connectivity index (χ3v) is 0.318. The maximum absolute atomic E-state index is 9.53. The molecule has 0 atom stereocenters. The molecule has 0 saturated carbocycles. The van der Waals surface area contributed by atoms with Crippen LogP contribution in [0.3, 0.4) is 0 Å². The van der Waals surface area contributed by atoms with E-state index in [0.29, 0.717) is 0 Å². The number of hydrogen-bond donors (Lipinski definition) is 3. The van der Waals surface area contributed by atoms with Crippen molar-refractivity contribution in [2.24, 2.45) is 0 Å². The fourth-order valence-electron chi connectivity index (χ4n) is 0.0680. The quantitative estimate of drug-likeness (QED) is 0.221. The van der Waals surface area contributed by atoms with Crippen LogP contribution in [0, 0.1) is 0 Å². The van der Waals surface area contributed by atoms with Crippen molar-refractivity contribution in [3.63, 3.8) is 0 Å². The summed E-state index contributed by atoms with van der Waals surface area (Å²) in [5.74, 6) is -3.69. The molecule has 0 aromatic carbocycles. The summed E-state index contributed by atoms with van der Waals surface area (Å²) in [4.78, 5) is 24.1. The molecular formula is C2H12N3O8V. The number of carbonyl (C=O) groups is 2. The standard InChI is InChI=1S/C2H2O6.3H3N.2O.V/c3-1(7-5)2(4)8-6;;;;;;/h5-6H;3*1H3;;;/q;;;;;-1;/p+1. The number of hydrogen-bond acceptors (Lipinski definition) is 8. The van der Waals surface area contributed by atoms with E-state index in [4.69, 9.17) is 18.2 Å². The molecule has 0 fully saturated rings. The Hall–Kier alpha value is -0.916. The summed E-state index contributed by atoms with van der Waals surface area (Å²) in [6.07, 6.45) is 0. The van der Waals surface area contributed by atoms with Gasteiger partial charge in [0.25, 0.3) is 0 Å². The fourth-order valence-corrected chi connectivity index (χ4v) is 0.0680. The molecule has 0 radical (unpaired) electrons. The average molecular weight is 257 g/mol. The molecule has 88 valence electrons. The molecule has 12 heteroatoms. The summed E-state index contributed by atoms with van der Waals surface area (Å²) in [6, 6.07) is 0. The second kappa shape index (κ2) is 22.7. The predicted octanol–water partition coefficient (Wildman–Crippen LogP) is -3.56. The van der Waals surface area contributed by atoms with Gasteiger partial charge in [0.2, 0.25) is 0 Å². The van der Waals surface area contributed by atoms with E-state index in [-0.39, 0.29) is 18.5 Å². The van der Waals surface area contributed by atoms with Gasteiger partial charge in [0.05, 0.1) is 0 Å². The molecule has 0 aromatic heterocycles. The monoisotopic (exact) mass is 257 g/mol. The Morgan fingerprint density at radius 2 is 1.07 bits per heavy atom. The minimum absolute atomic E-state index is 0. The molecule has 0 bridgehead atoms. The first kappa shape index (κ1) is 29.2. The number of carbonyl (C=O) groups excluding carboxylic acids is 2. The van der Waals surface area contributed by atoms with E-state index in [2.05, 4.69) is 9.78 Å². The third-order valence-electron chi connectivity index (χ3n) is 0.318. The molecule has 14 heavy (non-hydrogen) atoms. The van der Waals surface area contributed by atoms with Crippen LogP contribution in [-0.2, 0) is 39.6 Å². The van der Waals surface area contributed by atoms with E-state index in [1.165, 1.54) is 0 Å². The van der Waals surface area contributed by atoms with Crippen LogP contribution >= 0.6 is 0 Å². The molecule has 0 heterocycles. The molecule has 0 saturated heterocycles. The van der Waals surface area contributed by atoms with Crippen molar-refractivity contribution in [3.8, 4) is 0 Å².